The molecule has 0 unspecified atom stereocenters. The molecule has 6 heteroatoms. The number of rotatable bonds is 4. The number of carbonyl (C=O) groups is 1. The molecule has 0 aliphatic heterocycles. The number of nitrogens with zero attached hydrogens (tertiary/aromatic N) is 3. The summed E-state index contributed by atoms with van der Waals surface area (Å²) in [4.78, 5) is 20.9. The largest absolute Gasteiger partial charge is 0.465 e. The van der Waals surface area contributed by atoms with E-state index in [1.165, 1.54) is 0 Å². The van der Waals surface area contributed by atoms with E-state index in [0.717, 1.165) is 12.0 Å². The molecule has 21 heavy (non-hydrogen) atoms. The summed E-state index contributed by atoms with van der Waals surface area (Å²) >= 11 is 0. The molecule has 2 aromatic heterocycles. The van der Waals surface area contributed by atoms with Gasteiger partial charge in [-0.2, -0.15) is 4.98 Å². The second-order valence-electron chi connectivity index (χ2n) is 5.25. The SMILES string of the molecule is CCOC(=O)C1(c2nc(-c3ncccc3C)no2)CCC1. The first-order valence-electron chi connectivity index (χ1n) is 7.11. The van der Waals surface area contributed by atoms with Crippen molar-refractivity contribution in [3.05, 3.63) is 29.8 Å². The van der Waals surface area contributed by atoms with Crippen molar-refractivity contribution in [1.29, 1.82) is 0 Å². The van der Waals surface area contributed by atoms with Crippen molar-refractivity contribution in [3.8, 4) is 11.5 Å². The average molecular weight is 287 g/mol. The Kier molecular flexibility index (Phi) is 3.45. The summed E-state index contributed by atoms with van der Waals surface area (Å²) in [5.41, 5.74) is 0.874. The number of pyridine rings is 1. The number of carbonyl (C=O) groups excluding carboxylic acids is 1. The molecule has 2 heterocycles. The van der Waals surface area contributed by atoms with Gasteiger partial charge in [-0.25, -0.2) is 0 Å². The van der Waals surface area contributed by atoms with Crippen LogP contribution in [0, 0.1) is 6.92 Å². The molecule has 1 saturated carbocycles. The Hall–Kier alpha value is -2.24. The van der Waals surface area contributed by atoms with E-state index in [1.54, 1.807) is 13.1 Å². The molecular weight excluding hydrogens is 270 g/mol. The minimum absolute atomic E-state index is 0.274. The molecule has 0 amide bonds. The smallest absolute Gasteiger partial charge is 0.321 e. The molecule has 1 aliphatic rings. The van der Waals surface area contributed by atoms with Crippen molar-refractivity contribution in [2.45, 2.75) is 38.5 Å². The highest BCUT2D eigenvalue weighted by Gasteiger charge is 2.52. The molecule has 0 atom stereocenters. The van der Waals surface area contributed by atoms with Gasteiger partial charge < -0.3 is 9.26 Å². The van der Waals surface area contributed by atoms with E-state index < -0.39 is 5.41 Å². The summed E-state index contributed by atoms with van der Waals surface area (Å²) in [6.07, 6.45) is 4.02. The summed E-state index contributed by atoms with van der Waals surface area (Å²) in [7, 11) is 0. The molecule has 2 aromatic rings. The Balaban J connectivity index is 1.94. The van der Waals surface area contributed by atoms with Crippen molar-refractivity contribution in [1.82, 2.24) is 15.1 Å². The lowest BCUT2D eigenvalue weighted by Crippen LogP contribution is -2.44. The number of aryl methyl sites for hydroxylation is 1. The van der Waals surface area contributed by atoms with Gasteiger partial charge >= 0.3 is 5.97 Å². The maximum atomic E-state index is 12.2. The Morgan fingerprint density at radius 3 is 2.90 bits per heavy atom. The Morgan fingerprint density at radius 2 is 2.29 bits per heavy atom. The van der Waals surface area contributed by atoms with Crippen LogP contribution >= 0.6 is 0 Å². The van der Waals surface area contributed by atoms with Gasteiger partial charge in [-0.1, -0.05) is 17.6 Å². The predicted molar refractivity (Wildman–Crippen MR) is 74.4 cm³/mol. The third kappa shape index (κ3) is 2.20. The maximum Gasteiger partial charge on any atom is 0.321 e. The normalized spacial score (nSPS) is 16.3. The molecule has 110 valence electrons. The summed E-state index contributed by atoms with van der Waals surface area (Å²) in [5, 5.41) is 3.98. The molecule has 1 fully saturated rings. The van der Waals surface area contributed by atoms with Crippen molar-refractivity contribution in [2.24, 2.45) is 0 Å². The second kappa shape index (κ2) is 5.27. The van der Waals surface area contributed by atoms with Crippen LogP contribution in [-0.4, -0.2) is 27.7 Å². The van der Waals surface area contributed by atoms with E-state index in [4.69, 9.17) is 9.26 Å². The summed E-state index contributed by atoms with van der Waals surface area (Å²) < 4.78 is 10.5. The van der Waals surface area contributed by atoms with Gasteiger partial charge in [0.25, 0.3) is 0 Å². The fourth-order valence-electron chi connectivity index (χ4n) is 2.54. The zero-order valence-corrected chi connectivity index (χ0v) is 12.1. The van der Waals surface area contributed by atoms with Gasteiger partial charge in [0.1, 0.15) is 11.1 Å². The van der Waals surface area contributed by atoms with Crippen molar-refractivity contribution in [2.75, 3.05) is 6.61 Å². The van der Waals surface area contributed by atoms with Crippen LogP contribution in [0.1, 0.15) is 37.6 Å². The Labute approximate surface area is 122 Å². The Morgan fingerprint density at radius 1 is 1.48 bits per heavy atom. The van der Waals surface area contributed by atoms with Crippen LogP contribution in [0.3, 0.4) is 0 Å². The van der Waals surface area contributed by atoms with E-state index in [9.17, 15) is 4.79 Å². The highest BCUT2D eigenvalue weighted by molar-refractivity contribution is 5.83. The van der Waals surface area contributed by atoms with Crippen molar-refractivity contribution >= 4 is 5.97 Å². The maximum absolute atomic E-state index is 12.2. The summed E-state index contributed by atoms with van der Waals surface area (Å²) in [6, 6.07) is 3.79. The molecule has 0 bridgehead atoms. The van der Waals surface area contributed by atoms with Gasteiger partial charge in [-0.3, -0.25) is 9.78 Å². The molecule has 6 nitrogen and oxygen atoms in total. The van der Waals surface area contributed by atoms with Crippen LogP contribution < -0.4 is 0 Å². The van der Waals surface area contributed by atoms with Crippen molar-refractivity contribution in [3.63, 3.8) is 0 Å². The molecule has 0 aromatic carbocycles. The van der Waals surface area contributed by atoms with Gasteiger partial charge in [0.05, 0.1) is 6.61 Å². The first-order chi connectivity index (χ1) is 10.2. The highest BCUT2D eigenvalue weighted by Crippen LogP contribution is 2.44. The van der Waals surface area contributed by atoms with E-state index in [0.29, 0.717) is 36.9 Å². The number of hydrogen-bond acceptors (Lipinski definition) is 6. The van der Waals surface area contributed by atoms with Crippen LogP contribution in [-0.2, 0) is 14.9 Å². The van der Waals surface area contributed by atoms with Crippen molar-refractivity contribution < 1.29 is 14.1 Å². The topological polar surface area (TPSA) is 78.1 Å². The fraction of sp³-hybridized carbons (Fsp3) is 0.467. The van der Waals surface area contributed by atoms with Gasteiger partial charge in [0.2, 0.25) is 11.7 Å². The van der Waals surface area contributed by atoms with E-state index >= 15 is 0 Å². The van der Waals surface area contributed by atoms with Crippen LogP contribution in [0.15, 0.2) is 22.9 Å². The van der Waals surface area contributed by atoms with Crippen LogP contribution in [0.2, 0.25) is 0 Å². The monoisotopic (exact) mass is 287 g/mol. The molecule has 0 N–H and O–H groups in total. The number of hydrogen-bond donors (Lipinski definition) is 0. The molecule has 0 radical (unpaired) electrons. The molecule has 0 saturated heterocycles. The number of aromatic nitrogens is 3. The van der Waals surface area contributed by atoms with Crippen LogP contribution in [0.25, 0.3) is 11.5 Å². The van der Waals surface area contributed by atoms with E-state index in [2.05, 4.69) is 15.1 Å². The lowest BCUT2D eigenvalue weighted by atomic mass is 9.68. The number of esters is 1. The first kappa shape index (κ1) is 13.7. The zero-order chi connectivity index (χ0) is 14.9. The van der Waals surface area contributed by atoms with Gasteiger partial charge in [0, 0.05) is 6.20 Å². The molecule has 0 spiro atoms. The lowest BCUT2D eigenvalue weighted by molar-refractivity contribution is -0.155. The third-order valence-electron chi connectivity index (χ3n) is 3.93. The summed E-state index contributed by atoms with van der Waals surface area (Å²) in [5.74, 6) is 0.482. The minimum atomic E-state index is -0.760. The second-order valence-corrected chi connectivity index (χ2v) is 5.25. The highest BCUT2D eigenvalue weighted by atomic mass is 16.5. The van der Waals surface area contributed by atoms with Gasteiger partial charge in [-0.15, -0.1) is 0 Å². The molecule has 1 aliphatic carbocycles. The average Bonchev–Trinajstić information content (AvgIpc) is 2.88. The van der Waals surface area contributed by atoms with Crippen LogP contribution in [0.4, 0.5) is 0 Å². The van der Waals surface area contributed by atoms with E-state index in [-0.39, 0.29) is 5.97 Å². The van der Waals surface area contributed by atoms with Crippen LogP contribution in [0.5, 0.6) is 0 Å². The quantitative estimate of drug-likeness (QED) is 0.804. The lowest BCUT2D eigenvalue weighted by Gasteiger charge is -2.35. The zero-order valence-electron chi connectivity index (χ0n) is 12.1. The standard InChI is InChI=1S/C15H17N3O3/c1-3-20-14(19)15(7-5-8-15)13-17-12(18-21-13)11-10(2)6-4-9-16-11/h4,6,9H,3,5,7-8H2,1-2H3. The summed E-state index contributed by atoms with van der Waals surface area (Å²) in [6.45, 7) is 4.07. The van der Waals surface area contributed by atoms with Gasteiger partial charge in [-0.05, 0) is 38.3 Å². The predicted octanol–water partition coefficient (Wildman–Crippen LogP) is 2.42. The third-order valence-corrected chi connectivity index (χ3v) is 3.93. The first-order valence-corrected chi connectivity index (χ1v) is 7.11. The Bertz CT molecular complexity index is 662. The molecule has 3 rings (SSSR count). The number of ether oxygens (including phenoxy) is 1. The van der Waals surface area contributed by atoms with E-state index in [1.807, 2.05) is 19.1 Å². The minimum Gasteiger partial charge on any atom is -0.465 e. The molecular formula is C15H17N3O3. The van der Waals surface area contributed by atoms with Gasteiger partial charge in [0.15, 0.2) is 0 Å². The fourth-order valence-corrected chi connectivity index (χ4v) is 2.54.